The van der Waals surface area contributed by atoms with Gasteiger partial charge in [-0.3, -0.25) is 14.2 Å². The number of piperazine rings is 1. The maximum absolute atomic E-state index is 13.2. The third-order valence-corrected chi connectivity index (χ3v) is 6.99. The molecule has 1 fully saturated rings. The van der Waals surface area contributed by atoms with Gasteiger partial charge in [-0.25, -0.2) is 4.98 Å². The summed E-state index contributed by atoms with van der Waals surface area (Å²) in [7, 11) is 0. The number of unbranched alkanes of at least 4 members (excludes halogenated alkanes) is 1. The van der Waals surface area contributed by atoms with Crippen molar-refractivity contribution in [3.63, 3.8) is 0 Å². The second kappa shape index (κ2) is 8.60. The fourth-order valence-corrected chi connectivity index (χ4v) is 5.09. The van der Waals surface area contributed by atoms with Gasteiger partial charge in [-0.2, -0.15) is 0 Å². The number of carbonyl (C=O) groups excluding carboxylic acids is 1. The molecule has 0 saturated carbocycles. The Balaban J connectivity index is 1.53. The van der Waals surface area contributed by atoms with Gasteiger partial charge in [-0.1, -0.05) is 25.5 Å². The topological polar surface area (TPSA) is 58.4 Å². The molecule has 1 aliphatic heterocycles. The lowest BCUT2D eigenvalue weighted by atomic mass is 10.1. The molecule has 0 spiro atoms. The van der Waals surface area contributed by atoms with Crippen molar-refractivity contribution < 1.29 is 4.79 Å². The molecule has 0 bridgehead atoms. The first kappa shape index (κ1) is 20.6. The standard InChI is InChI=1S/C23H28N4O2S/c1-4-5-9-27-15-24-21-19(22(27)28)17(3)20(30-21)23(29)26-12-10-25(11-13-26)18-8-6-7-16(2)14-18/h6-8,14-15H,4-5,9-13H2,1-3H3. The molecule has 6 nitrogen and oxygen atoms in total. The van der Waals surface area contributed by atoms with Gasteiger partial charge in [0.1, 0.15) is 4.83 Å². The van der Waals surface area contributed by atoms with E-state index in [-0.39, 0.29) is 11.5 Å². The molecule has 4 rings (SSSR count). The van der Waals surface area contributed by atoms with Gasteiger partial charge in [-0.15, -0.1) is 11.3 Å². The second-order valence-electron chi connectivity index (χ2n) is 7.95. The summed E-state index contributed by atoms with van der Waals surface area (Å²) >= 11 is 1.34. The molecule has 3 aromatic rings. The van der Waals surface area contributed by atoms with Gasteiger partial charge < -0.3 is 9.80 Å². The lowest BCUT2D eigenvalue weighted by Crippen LogP contribution is -2.48. The maximum atomic E-state index is 13.2. The number of hydrogen-bond donors (Lipinski definition) is 0. The number of nitrogens with zero attached hydrogens (tertiary/aromatic N) is 4. The Morgan fingerprint density at radius 1 is 1.17 bits per heavy atom. The SMILES string of the molecule is CCCCn1cnc2sc(C(=O)N3CCN(c4cccc(C)c4)CC3)c(C)c2c1=O. The number of aryl methyl sites for hydroxylation is 3. The molecular weight excluding hydrogens is 396 g/mol. The van der Waals surface area contributed by atoms with Crippen LogP contribution in [0, 0.1) is 13.8 Å². The highest BCUT2D eigenvalue weighted by molar-refractivity contribution is 7.20. The first-order valence-corrected chi connectivity index (χ1v) is 11.4. The minimum Gasteiger partial charge on any atom is -0.368 e. The molecular formula is C23H28N4O2S. The number of carbonyl (C=O) groups is 1. The van der Waals surface area contributed by atoms with Crippen molar-refractivity contribution in [2.75, 3.05) is 31.1 Å². The zero-order chi connectivity index (χ0) is 21.3. The largest absolute Gasteiger partial charge is 0.368 e. The predicted molar refractivity (Wildman–Crippen MR) is 123 cm³/mol. The van der Waals surface area contributed by atoms with Crippen LogP contribution in [0.1, 0.15) is 40.6 Å². The molecule has 7 heteroatoms. The highest BCUT2D eigenvalue weighted by Crippen LogP contribution is 2.29. The molecule has 1 amide bonds. The summed E-state index contributed by atoms with van der Waals surface area (Å²) in [6.45, 7) is 9.70. The van der Waals surface area contributed by atoms with Crippen molar-refractivity contribution >= 4 is 33.1 Å². The first-order valence-electron chi connectivity index (χ1n) is 10.6. The number of hydrogen-bond acceptors (Lipinski definition) is 5. The average molecular weight is 425 g/mol. The Labute approximate surface area is 180 Å². The van der Waals surface area contributed by atoms with Gasteiger partial charge in [0.05, 0.1) is 16.6 Å². The van der Waals surface area contributed by atoms with Gasteiger partial charge in [0.2, 0.25) is 0 Å². The molecule has 0 aliphatic carbocycles. The van der Waals surface area contributed by atoms with E-state index < -0.39 is 0 Å². The van der Waals surface area contributed by atoms with Crippen LogP contribution in [0.5, 0.6) is 0 Å². The molecule has 0 unspecified atom stereocenters. The predicted octanol–water partition coefficient (Wildman–Crippen LogP) is 3.84. The summed E-state index contributed by atoms with van der Waals surface area (Å²) in [5.74, 6) is 0.0129. The van der Waals surface area contributed by atoms with Crippen LogP contribution in [0.15, 0.2) is 35.4 Å². The van der Waals surface area contributed by atoms with Crippen molar-refractivity contribution in [3.05, 3.63) is 57.0 Å². The van der Waals surface area contributed by atoms with E-state index in [0.29, 0.717) is 34.7 Å². The van der Waals surface area contributed by atoms with E-state index >= 15 is 0 Å². The molecule has 158 valence electrons. The molecule has 3 heterocycles. The molecule has 0 N–H and O–H groups in total. The molecule has 0 atom stereocenters. The highest BCUT2D eigenvalue weighted by atomic mass is 32.1. The molecule has 1 aliphatic rings. The quantitative estimate of drug-likeness (QED) is 0.624. The van der Waals surface area contributed by atoms with Gasteiger partial charge >= 0.3 is 0 Å². The van der Waals surface area contributed by atoms with Crippen LogP contribution in [0.4, 0.5) is 5.69 Å². The third kappa shape index (κ3) is 3.86. The van der Waals surface area contributed by atoms with Gasteiger partial charge in [0, 0.05) is 38.4 Å². The van der Waals surface area contributed by atoms with Gasteiger partial charge in [0.15, 0.2) is 0 Å². The van der Waals surface area contributed by atoms with Crippen LogP contribution in [0.3, 0.4) is 0 Å². The van der Waals surface area contributed by atoms with Crippen LogP contribution in [-0.4, -0.2) is 46.5 Å². The van der Waals surface area contributed by atoms with Crippen LogP contribution in [0.25, 0.3) is 10.2 Å². The summed E-state index contributed by atoms with van der Waals surface area (Å²) in [5, 5.41) is 0.598. The fraction of sp³-hybridized carbons (Fsp3) is 0.435. The minimum absolute atomic E-state index is 0.0129. The number of rotatable bonds is 5. The van der Waals surface area contributed by atoms with E-state index in [0.717, 1.165) is 31.5 Å². The number of aromatic nitrogens is 2. The molecule has 1 aromatic carbocycles. The lowest BCUT2D eigenvalue weighted by molar-refractivity contribution is 0.0751. The van der Waals surface area contributed by atoms with Crippen LogP contribution >= 0.6 is 11.3 Å². The van der Waals surface area contributed by atoms with Gasteiger partial charge in [-0.05, 0) is 43.5 Å². The van der Waals surface area contributed by atoms with Crippen molar-refractivity contribution in [3.8, 4) is 0 Å². The fourth-order valence-electron chi connectivity index (χ4n) is 3.99. The molecule has 1 saturated heterocycles. The van der Waals surface area contributed by atoms with Crippen LogP contribution in [-0.2, 0) is 6.54 Å². The Kier molecular flexibility index (Phi) is 5.90. The van der Waals surface area contributed by atoms with E-state index in [1.807, 2.05) is 11.8 Å². The van der Waals surface area contributed by atoms with Crippen molar-refractivity contribution in [1.82, 2.24) is 14.5 Å². The van der Waals surface area contributed by atoms with Crippen LogP contribution in [0.2, 0.25) is 0 Å². The van der Waals surface area contributed by atoms with Crippen molar-refractivity contribution in [1.29, 1.82) is 0 Å². The highest BCUT2D eigenvalue weighted by Gasteiger charge is 2.26. The van der Waals surface area contributed by atoms with Crippen molar-refractivity contribution in [2.24, 2.45) is 0 Å². The Morgan fingerprint density at radius 2 is 1.93 bits per heavy atom. The summed E-state index contributed by atoms with van der Waals surface area (Å²) in [5.41, 5.74) is 3.18. The van der Waals surface area contributed by atoms with Crippen molar-refractivity contribution in [2.45, 2.75) is 40.2 Å². The summed E-state index contributed by atoms with van der Waals surface area (Å²) < 4.78 is 1.67. The normalized spacial score (nSPS) is 14.5. The van der Waals surface area contributed by atoms with E-state index in [1.165, 1.54) is 22.6 Å². The first-order chi connectivity index (χ1) is 14.5. The number of anilines is 1. The van der Waals surface area contributed by atoms with E-state index in [9.17, 15) is 9.59 Å². The number of fused-ring (bicyclic) bond motifs is 1. The Hall–Kier alpha value is -2.67. The van der Waals surface area contributed by atoms with Gasteiger partial charge in [0.25, 0.3) is 11.5 Å². The summed E-state index contributed by atoms with van der Waals surface area (Å²) in [6, 6.07) is 8.47. The zero-order valence-electron chi connectivity index (χ0n) is 17.9. The zero-order valence-corrected chi connectivity index (χ0v) is 18.7. The minimum atomic E-state index is -0.0366. The van der Waals surface area contributed by atoms with E-state index in [2.05, 4.69) is 48.0 Å². The van der Waals surface area contributed by atoms with Crippen LogP contribution < -0.4 is 10.5 Å². The maximum Gasteiger partial charge on any atom is 0.264 e. The van der Waals surface area contributed by atoms with E-state index in [1.54, 1.807) is 10.9 Å². The van der Waals surface area contributed by atoms with E-state index in [4.69, 9.17) is 0 Å². The average Bonchev–Trinajstić information content (AvgIpc) is 3.10. The molecule has 2 aromatic heterocycles. The molecule has 30 heavy (non-hydrogen) atoms. The lowest BCUT2D eigenvalue weighted by Gasteiger charge is -2.36. The molecule has 0 radical (unpaired) electrons. The Morgan fingerprint density at radius 3 is 2.63 bits per heavy atom. The number of amides is 1. The smallest absolute Gasteiger partial charge is 0.264 e. The summed E-state index contributed by atoms with van der Waals surface area (Å²) in [4.78, 5) is 36.1. The third-order valence-electron chi connectivity index (χ3n) is 5.80. The number of thiophene rings is 1. The number of benzene rings is 1. The monoisotopic (exact) mass is 424 g/mol. The summed E-state index contributed by atoms with van der Waals surface area (Å²) in [6.07, 6.45) is 3.57. The second-order valence-corrected chi connectivity index (χ2v) is 8.95. The Bertz CT molecular complexity index is 1130.